The summed E-state index contributed by atoms with van der Waals surface area (Å²) in [6.45, 7) is 4.66. The van der Waals surface area contributed by atoms with Crippen LogP contribution in [0.1, 0.15) is 44.7 Å². The van der Waals surface area contributed by atoms with Gasteiger partial charge in [-0.2, -0.15) is 0 Å². The molecule has 100 valence electrons. The van der Waals surface area contributed by atoms with Gasteiger partial charge in [0.2, 0.25) is 0 Å². The maximum atomic E-state index is 3.82. The van der Waals surface area contributed by atoms with Crippen molar-refractivity contribution in [3.63, 3.8) is 0 Å². The summed E-state index contributed by atoms with van der Waals surface area (Å²) in [5, 5.41) is 6.54. The van der Waals surface area contributed by atoms with E-state index < -0.39 is 0 Å². The summed E-state index contributed by atoms with van der Waals surface area (Å²) in [6.07, 6.45) is 4.03. The molecule has 0 amide bonds. The molecule has 0 aromatic heterocycles. The predicted molar refractivity (Wildman–Crippen MR) is 82.3 cm³/mol. The minimum absolute atomic E-state index is 0.432. The predicted octanol–water partition coefficient (Wildman–Crippen LogP) is 4.68. The number of rotatable bonds is 3. The molecule has 3 rings (SSSR count). The molecule has 0 aliphatic heterocycles. The molecule has 1 saturated carbocycles. The van der Waals surface area contributed by atoms with E-state index in [1.165, 1.54) is 35.6 Å². The third-order valence-corrected chi connectivity index (χ3v) is 4.47. The summed E-state index contributed by atoms with van der Waals surface area (Å²) in [7, 11) is 0. The van der Waals surface area contributed by atoms with Crippen LogP contribution < -0.4 is 5.32 Å². The average molecular weight is 253 g/mol. The summed E-state index contributed by atoms with van der Waals surface area (Å²) in [4.78, 5) is 0. The lowest BCUT2D eigenvalue weighted by Crippen LogP contribution is -2.29. The van der Waals surface area contributed by atoms with Gasteiger partial charge < -0.3 is 5.32 Å². The largest absolute Gasteiger partial charge is 0.307 e. The summed E-state index contributed by atoms with van der Waals surface area (Å²) >= 11 is 0. The van der Waals surface area contributed by atoms with Crippen LogP contribution in [0.3, 0.4) is 0 Å². The highest BCUT2D eigenvalue weighted by Gasteiger charge is 2.23. The minimum Gasteiger partial charge on any atom is -0.307 e. The third kappa shape index (κ3) is 2.66. The number of fused-ring (bicyclic) bond motifs is 1. The molecule has 0 spiro atoms. The average Bonchev–Trinajstić information content (AvgIpc) is 2.83. The second-order valence-corrected chi connectivity index (χ2v) is 6.07. The highest BCUT2D eigenvalue weighted by Crippen LogP contribution is 2.29. The topological polar surface area (TPSA) is 12.0 Å². The molecule has 3 unspecified atom stereocenters. The van der Waals surface area contributed by atoms with Gasteiger partial charge >= 0.3 is 0 Å². The Hall–Kier alpha value is -1.34. The van der Waals surface area contributed by atoms with Crippen LogP contribution >= 0.6 is 0 Å². The first-order valence-electron chi connectivity index (χ1n) is 7.48. The standard InChI is InChI=1S/C18H23N/c1-13-10-11-16(12-13)19-14(2)17-9-5-7-15-6-3-4-8-18(15)17/h3-9,13-14,16,19H,10-12H2,1-2H3. The van der Waals surface area contributed by atoms with Crippen LogP contribution in [0.15, 0.2) is 42.5 Å². The van der Waals surface area contributed by atoms with Crippen molar-refractivity contribution in [3.05, 3.63) is 48.0 Å². The zero-order valence-electron chi connectivity index (χ0n) is 11.9. The van der Waals surface area contributed by atoms with Gasteiger partial charge in [-0.3, -0.25) is 0 Å². The number of benzene rings is 2. The maximum Gasteiger partial charge on any atom is 0.0300 e. The summed E-state index contributed by atoms with van der Waals surface area (Å²) in [5.74, 6) is 0.886. The highest BCUT2D eigenvalue weighted by molar-refractivity contribution is 5.86. The van der Waals surface area contributed by atoms with Crippen LogP contribution in [0.2, 0.25) is 0 Å². The Morgan fingerprint density at radius 2 is 1.84 bits per heavy atom. The number of hydrogen-bond donors (Lipinski definition) is 1. The van der Waals surface area contributed by atoms with E-state index in [-0.39, 0.29) is 0 Å². The van der Waals surface area contributed by atoms with Crippen molar-refractivity contribution >= 4 is 10.8 Å². The van der Waals surface area contributed by atoms with Crippen LogP contribution in [0, 0.1) is 5.92 Å². The molecule has 1 aliphatic rings. The van der Waals surface area contributed by atoms with E-state index >= 15 is 0 Å². The van der Waals surface area contributed by atoms with Crippen molar-refractivity contribution < 1.29 is 0 Å². The Balaban J connectivity index is 1.83. The first-order valence-corrected chi connectivity index (χ1v) is 7.48. The van der Waals surface area contributed by atoms with Gasteiger partial charge in [-0.1, -0.05) is 49.4 Å². The minimum atomic E-state index is 0.432. The third-order valence-electron chi connectivity index (χ3n) is 4.47. The lowest BCUT2D eigenvalue weighted by molar-refractivity contribution is 0.450. The van der Waals surface area contributed by atoms with E-state index in [1.807, 2.05) is 0 Å². The van der Waals surface area contributed by atoms with Gasteiger partial charge in [0.15, 0.2) is 0 Å². The molecule has 3 atom stereocenters. The van der Waals surface area contributed by atoms with Crippen molar-refractivity contribution in [2.75, 3.05) is 0 Å². The van der Waals surface area contributed by atoms with Crippen LogP contribution in [-0.4, -0.2) is 6.04 Å². The van der Waals surface area contributed by atoms with Crippen LogP contribution in [0.4, 0.5) is 0 Å². The molecule has 1 heteroatoms. The van der Waals surface area contributed by atoms with Gasteiger partial charge in [0.1, 0.15) is 0 Å². The Labute approximate surface area is 116 Å². The lowest BCUT2D eigenvalue weighted by Gasteiger charge is -2.21. The Bertz CT molecular complexity index is 555. The molecule has 1 N–H and O–H groups in total. The Kier molecular flexibility index (Phi) is 3.56. The second-order valence-electron chi connectivity index (χ2n) is 6.07. The monoisotopic (exact) mass is 253 g/mol. The fourth-order valence-corrected chi connectivity index (χ4v) is 3.43. The van der Waals surface area contributed by atoms with E-state index in [1.54, 1.807) is 0 Å². The van der Waals surface area contributed by atoms with E-state index in [0.29, 0.717) is 12.1 Å². The van der Waals surface area contributed by atoms with Crippen molar-refractivity contribution in [2.24, 2.45) is 5.92 Å². The van der Waals surface area contributed by atoms with E-state index in [0.717, 1.165) is 5.92 Å². The van der Waals surface area contributed by atoms with Gasteiger partial charge in [0.25, 0.3) is 0 Å². The van der Waals surface area contributed by atoms with Crippen molar-refractivity contribution in [1.82, 2.24) is 5.32 Å². The maximum absolute atomic E-state index is 3.82. The van der Waals surface area contributed by atoms with Crippen LogP contribution in [0.25, 0.3) is 10.8 Å². The second kappa shape index (κ2) is 5.34. The smallest absolute Gasteiger partial charge is 0.0300 e. The molecule has 1 aliphatic carbocycles. The quantitative estimate of drug-likeness (QED) is 0.837. The molecular weight excluding hydrogens is 230 g/mol. The zero-order chi connectivity index (χ0) is 13.2. The number of nitrogens with one attached hydrogen (secondary N) is 1. The zero-order valence-corrected chi connectivity index (χ0v) is 11.9. The van der Waals surface area contributed by atoms with Gasteiger partial charge in [-0.05, 0) is 48.4 Å². The molecule has 2 aromatic carbocycles. The van der Waals surface area contributed by atoms with Crippen LogP contribution in [0.5, 0.6) is 0 Å². The molecule has 1 fully saturated rings. The molecule has 1 nitrogen and oxygen atoms in total. The fourth-order valence-electron chi connectivity index (χ4n) is 3.43. The van der Waals surface area contributed by atoms with Crippen molar-refractivity contribution in [1.29, 1.82) is 0 Å². The highest BCUT2D eigenvalue weighted by atomic mass is 14.9. The van der Waals surface area contributed by atoms with Crippen molar-refractivity contribution in [2.45, 2.75) is 45.2 Å². The van der Waals surface area contributed by atoms with Crippen molar-refractivity contribution in [3.8, 4) is 0 Å². The molecule has 0 saturated heterocycles. The molecule has 0 radical (unpaired) electrons. The molecule has 0 bridgehead atoms. The lowest BCUT2D eigenvalue weighted by atomic mass is 9.99. The molecular formula is C18H23N. The summed E-state index contributed by atoms with van der Waals surface area (Å²) < 4.78 is 0. The number of hydrogen-bond acceptors (Lipinski definition) is 1. The normalized spacial score (nSPS) is 24.7. The summed E-state index contributed by atoms with van der Waals surface area (Å²) in [6, 6.07) is 16.4. The van der Waals surface area contributed by atoms with E-state index in [2.05, 4.69) is 61.6 Å². The van der Waals surface area contributed by atoms with E-state index in [4.69, 9.17) is 0 Å². The fraction of sp³-hybridized carbons (Fsp3) is 0.444. The first-order chi connectivity index (χ1) is 9.24. The molecule has 19 heavy (non-hydrogen) atoms. The molecule has 0 heterocycles. The Morgan fingerprint density at radius 3 is 2.63 bits per heavy atom. The SMILES string of the molecule is CC1CCC(NC(C)c2cccc3ccccc23)C1. The Morgan fingerprint density at radius 1 is 1.05 bits per heavy atom. The first kappa shape index (κ1) is 12.7. The molecule has 2 aromatic rings. The van der Waals surface area contributed by atoms with Gasteiger partial charge in [-0.15, -0.1) is 0 Å². The van der Waals surface area contributed by atoms with Gasteiger partial charge in [0.05, 0.1) is 0 Å². The van der Waals surface area contributed by atoms with E-state index in [9.17, 15) is 0 Å². The summed E-state index contributed by atoms with van der Waals surface area (Å²) in [5.41, 5.74) is 1.43. The van der Waals surface area contributed by atoms with Gasteiger partial charge in [-0.25, -0.2) is 0 Å². The van der Waals surface area contributed by atoms with Crippen LogP contribution in [-0.2, 0) is 0 Å². The van der Waals surface area contributed by atoms with Gasteiger partial charge in [0, 0.05) is 12.1 Å².